The Morgan fingerprint density at radius 2 is 1.97 bits per heavy atom. The summed E-state index contributed by atoms with van der Waals surface area (Å²) in [6.45, 7) is 4.06. The summed E-state index contributed by atoms with van der Waals surface area (Å²) < 4.78 is 10.6. The van der Waals surface area contributed by atoms with Crippen LogP contribution in [0.25, 0.3) is 10.9 Å². The van der Waals surface area contributed by atoms with Crippen LogP contribution in [0, 0.1) is 0 Å². The lowest BCUT2D eigenvalue weighted by molar-refractivity contribution is -0.122. The number of rotatable bonds is 7. The first-order valence-corrected chi connectivity index (χ1v) is 10.4. The normalized spacial score (nSPS) is 16.3. The van der Waals surface area contributed by atoms with Crippen LogP contribution in [0.15, 0.2) is 42.5 Å². The van der Waals surface area contributed by atoms with E-state index in [2.05, 4.69) is 46.4 Å². The minimum absolute atomic E-state index is 0.0573. The van der Waals surface area contributed by atoms with E-state index in [1.54, 1.807) is 14.2 Å². The van der Waals surface area contributed by atoms with E-state index in [1.807, 2.05) is 18.2 Å². The predicted molar refractivity (Wildman–Crippen MR) is 118 cm³/mol. The standard InChI is InChI=1S/C24H29N3O3/c1-16-24-19(18-6-4-5-7-20(18)26-24)11-13-27(16)15-23(28)25-12-10-17-8-9-21(29-2)22(14-17)30-3/h4-9,14,16,26H,10-13,15H2,1-3H3,(H,25,28)/t16-/m0/s1. The van der Waals surface area contributed by atoms with Crippen molar-refractivity contribution in [2.24, 2.45) is 0 Å². The number of nitrogens with one attached hydrogen (secondary N) is 2. The first-order chi connectivity index (χ1) is 14.6. The van der Waals surface area contributed by atoms with Gasteiger partial charge in [0.1, 0.15) is 0 Å². The first-order valence-electron chi connectivity index (χ1n) is 10.4. The lowest BCUT2D eigenvalue weighted by Crippen LogP contribution is -2.42. The fraction of sp³-hybridized carbons (Fsp3) is 0.375. The van der Waals surface area contributed by atoms with Crippen molar-refractivity contribution in [3.63, 3.8) is 0 Å². The molecule has 158 valence electrons. The SMILES string of the molecule is COc1ccc(CCNC(=O)CN2CCc3c([nH]c4ccccc34)[C@@H]2C)cc1OC. The molecule has 4 rings (SSSR count). The molecule has 0 aliphatic carbocycles. The van der Waals surface area contributed by atoms with Crippen LogP contribution in [-0.4, -0.2) is 49.6 Å². The van der Waals surface area contributed by atoms with Crippen molar-refractivity contribution in [2.75, 3.05) is 33.9 Å². The van der Waals surface area contributed by atoms with Crippen LogP contribution < -0.4 is 14.8 Å². The van der Waals surface area contributed by atoms with Gasteiger partial charge in [-0.05, 0) is 49.1 Å². The van der Waals surface area contributed by atoms with Crippen molar-refractivity contribution in [1.29, 1.82) is 0 Å². The Hall–Kier alpha value is -2.99. The Kier molecular flexibility index (Phi) is 5.95. The molecule has 6 heteroatoms. The van der Waals surface area contributed by atoms with Crippen molar-refractivity contribution in [1.82, 2.24) is 15.2 Å². The second kappa shape index (κ2) is 8.79. The summed E-state index contributed by atoms with van der Waals surface area (Å²) in [5.41, 5.74) is 4.90. The van der Waals surface area contributed by atoms with Crippen molar-refractivity contribution >= 4 is 16.8 Å². The Bertz CT molecular complexity index is 1040. The number of benzene rings is 2. The molecule has 0 saturated carbocycles. The highest BCUT2D eigenvalue weighted by atomic mass is 16.5. The van der Waals surface area contributed by atoms with Crippen LogP contribution >= 0.6 is 0 Å². The molecule has 30 heavy (non-hydrogen) atoms. The topological polar surface area (TPSA) is 66.6 Å². The number of nitrogens with zero attached hydrogens (tertiary/aromatic N) is 1. The molecule has 0 bridgehead atoms. The zero-order chi connectivity index (χ0) is 21.1. The maximum Gasteiger partial charge on any atom is 0.234 e. The molecule has 3 aromatic rings. The van der Waals surface area contributed by atoms with Crippen LogP contribution in [0.5, 0.6) is 11.5 Å². The maximum absolute atomic E-state index is 12.5. The minimum atomic E-state index is 0.0573. The smallest absolute Gasteiger partial charge is 0.234 e. The summed E-state index contributed by atoms with van der Waals surface area (Å²) in [6.07, 6.45) is 1.70. The van der Waals surface area contributed by atoms with Gasteiger partial charge in [-0.2, -0.15) is 0 Å². The largest absolute Gasteiger partial charge is 0.493 e. The molecule has 0 unspecified atom stereocenters. The van der Waals surface area contributed by atoms with Crippen LogP contribution in [-0.2, 0) is 17.6 Å². The van der Waals surface area contributed by atoms with Gasteiger partial charge in [-0.15, -0.1) is 0 Å². The lowest BCUT2D eigenvalue weighted by Gasteiger charge is -2.32. The molecular formula is C24H29N3O3. The summed E-state index contributed by atoms with van der Waals surface area (Å²) in [6, 6.07) is 14.5. The minimum Gasteiger partial charge on any atom is -0.493 e. The molecule has 2 aromatic carbocycles. The second-order valence-electron chi connectivity index (χ2n) is 7.75. The van der Waals surface area contributed by atoms with E-state index in [0.717, 1.165) is 24.9 Å². The molecular weight excluding hydrogens is 378 g/mol. The summed E-state index contributed by atoms with van der Waals surface area (Å²) in [5.74, 6) is 1.47. The molecule has 0 radical (unpaired) electrons. The summed E-state index contributed by atoms with van der Waals surface area (Å²) in [7, 11) is 3.25. The van der Waals surface area contributed by atoms with Gasteiger partial charge in [0.2, 0.25) is 5.91 Å². The number of aromatic amines is 1. The number of fused-ring (bicyclic) bond motifs is 3. The van der Waals surface area contributed by atoms with Crippen LogP contribution in [0.2, 0.25) is 0 Å². The fourth-order valence-electron chi connectivity index (χ4n) is 4.32. The monoisotopic (exact) mass is 407 g/mol. The summed E-state index contributed by atoms with van der Waals surface area (Å²) in [5, 5.41) is 4.36. The molecule has 1 aromatic heterocycles. The molecule has 1 amide bonds. The number of carbonyl (C=O) groups is 1. The number of ether oxygens (including phenoxy) is 2. The molecule has 2 heterocycles. The molecule has 0 saturated heterocycles. The second-order valence-corrected chi connectivity index (χ2v) is 7.75. The number of amides is 1. The van der Waals surface area contributed by atoms with Gasteiger partial charge in [-0.3, -0.25) is 9.69 Å². The summed E-state index contributed by atoms with van der Waals surface area (Å²) >= 11 is 0. The fourth-order valence-corrected chi connectivity index (χ4v) is 4.32. The van der Waals surface area contributed by atoms with E-state index in [4.69, 9.17) is 9.47 Å². The van der Waals surface area contributed by atoms with Crippen LogP contribution in [0.4, 0.5) is 0 Å². The zero-order valence-electron chi connectivity index (χ0n) is 17.8. The Morgan fingerprint density at radius 3 is 2.77 bits per heavy atom. The average Bonchev–Trinajstić information content (AvgIpc) is 3.15. The van der Waals surface area contributed by atoms with Gasteiger partial charge in [0.25, 0.3) is 0 Å². The average molecular weight is 408 g/mol. The molecule has 1 aliphatic heterocycles. The number of para-hydroxylation sites is 1. The van der Waals surface area contributed by atoms with Gasteiger partial charge in [0.15, 0.2) is 11.5 Å². The summed E-state index contributed by atoms with van der Waals surface area (Å²) in [4.78, 5) is 18.3. The van der Waals surface area contributed by atoms with Crippen LogP contribution in [0.3, 0.4) is 0 Å². The van der Waals surface area contributed by atoms with E-state index < -0.39 is 0 Å². The molecule has 6 nitrogen and oxygen atoms in total. The third-order valence-corrected chi connectivity index (χ3v) is 5.99. The molecule has 1 atom stereocenters. The molecule has 0 fully saturated rings. The third kappa shape index (κ3) is 4.00. The molecule has 0 spiro atoms. The molecule has 1 aliphatic rings. The van der Waals surface area contributed by atoms with Gasteiger partial charge in [0.05, 0.1) is 20.8 Å². The van der Waals surface area contributed by atoms with Crippen molar-refractivity contribution in [3.05, 3.63) is 59.3 Å². The number of methoxy groups -OCH3 is 2. The predicted octanol–water partition coefficient (Wildman–Crippen LogP) is 3.46. The van der Waals surface area contributed by atoms with Gasteiger partial charge in [-0.25, -0.2) is 0 Å². The van der Waals surface area contributed by atoms with Gasteiger partial charge < -0.3 is 19.8 Å². The van der Waals surface area contributed by atoms with Crippen LogP contribution in [0.1, 0.15) is 29.8 Å². The lowest BCUT2D eigenvalue weighted by atomic mass is 9.98. The first kappa shape index (κ1) is 20.3. The van der Waals surface area contributed by atoms with Crippen molar-refractivity contribution in [2.45, 2.75) is 25.8 Å². The van der Waals surface area contributed by atoms with Gasteiger partial charge >= 0.3 is 0 Å². The highest BCUT2D eigenvalue weighted by molar-refractivity contribution is 5.85. The van der Waals surface area contributed by atoms with Gasteiger partial charge in [0, 0.05) is 35.7 Å². The van der Waals surface area contributed by atoms with E-state index in [0.29, 0.717) is 24.6 Å². The number of hydrogen-bond acceptors (Lipinski definition) is 4. The molecule has 2 N–H and O–H groups in total. The highest BCUT2D eigenvalue weighted by Gasteiger charge is 2.28. The Morgan fingerprint density at radius 1 is 1.17 bits per heavy atom. The number of carbonyl (C=O) groups excluding carboxylic acids is 1. The zero-order valence-corrected chi connectivity index (χ0v) is 17.8. The van der Waals surface area contributed by atoms with Gasteiger partial charge in [-0.1, -0.05) is 24.3 Å². The van der Waals surface area contributed by atoms with Crippen molar-refractivity contribution < 1.29 is 14.3 Å². The van der Waals surface area contributed by atoms with E-state index in [-0.39, 0.29) is 11.9 Å². The number of H-pyrrole nitrogens is 1. The Labute approximate surface area is 177 Å². The highest BCUT2D eigenvalue weighted by Crippen LogP contribution is 2.33. The Balaban J connectivity index is 1.32. The van der Waals surface area contributed by atoms with Crippen molar-refractivity contribution in [3.8, 4) is 11.5 Å². The van der Waals surface area contributed by atoms with E-state index >= 15 is 0 Å². The van der Waals surface area contributed by atoms with E-state index in [9.17, 15) is 4.79 Å². The number of hydrogen-bond donors (Lipinski definition) is 2. The third-order valence-electron chi connectivity index (χ3n) is 5.99. The maximum atomic E-state index is 12.5. The number of aromatic nitrogens is 1. The van der Waals surface area contributed by atoms with E-state index in [1.165, 1.54) is 22.2 Å². The quantitative estimate of drug-likeness (QED) is 0.629.